The molecule has 4 N–H and O–H groups in total. The molecular weight excluding hydrogens is 218 g/mol. The molecule has 1 aromatic rings. The minimum Gasteiger partial charge on any atom is -0.372 e. The van der Waals surface area contributed by atoms with Gasteiger partial charge in [0.2, 0.25) is 0 Å². The quantitative estimate of drug-likeness (QED) is 0.514. The molecule has 3 atom stereocenters. The molecule has 1 aliphatic rings. The average Bonchev–Trinajstić information content (AvgIpc) is 2.85. The van der Waals surface area contributed by atoms with Crippen LogP contribution in [0.15, 0.2) is 30.3 Å². The fraction of sp³-hybridized carbons (Fsp3) is 0.500. The number of hydrazine groups is 1. The number of ether oxygens (including phenoxy) is 2. The van der Waals surface area contributed by atoms with Crippen LogP contribution in [-0.2, 0) is 9.47 Å². The molecule has 0 aromatic heterocycles. The molecule has 17 heavy (non-hydrogen) atoms. The van der Waals surface area contributed by atoms with Crippen molar-refractivity contribution in [1.82, 2.24) is 10.7 Å². The van der Waals surface area contributed by atoms with Crippen molar-refractivity contribution in [2.24, 2.45) is 5.84 Å². The fourth-order valence-corrected chi connectivity index (χ4v) is 1.80. The van der Waals surface area contributed by atoms with Gasteiger partial charge in [-0.2, -0.15) is 0 Å². The van der Waals surface area contributed by atoms with Crippen molar-refractivity contribution in [3.8, 4) is 0 Å². The molecule has 0 radical (unpaired) electrons. The van der Waals surface area contributed by atoms with Gasteiger partial charge in [-0.05, 0) is 12.5 Å². The molecule has 0 amide bonds. The molecule has 2 unspecified atom stereocenters. The zero-order chi connectivity index (χ0) is 12.1. The molecule has 0 bridgehead atoms. The predicted octanol–water partition coefficient (Wildman–Crippen LogP) is 0.500. The second-order valence-electron chi connectivity index (χ2n) is 4.13. The van der Waals surface area contributed by atoms with Crippen molar-refractivity contribution in [2.75, 3.05) is 13.2 Å². The van der Waals surface area contributed by atoms with E-state index in [9.17, 15) is 0 Å². The molecule has 5 nitrogen and oxygen atoms in total. The molecule has 0 saturated carbocycles. The van der Waals surface area contributed by atoms with Crippen molar-refractivity contribution in [2.45, 2.75) is 25.4 Å². The summed E-state index contributed by atoms with van der Waals surface area (Å²) in [6, 6.07) is 10.3. The van der Waals surface area contributed by atoms with Gasteiger partial charge in [0.25, 0.3) is 0 Å². The van der Waals surface area contributed by atoms with Crippen molar-refractivity contribution in [1.29, 1.82) is 0 Å². The van der Waals surface area contributed by atoms with Crippen LogP contribution < -0.4 is 16.6 Å². The first kappa shape index (κ1) is 12.5. The summed E-state index contributed by atoms with van der Waals surface area (Å²) in [4.78, 5) is 0. The Hall–Kier alpha value is -0.980. The van der Waals surface area contributed by atoms with Gasteiger partial charge in [-0.25, -0.2) is 5.43 Å². The summed E-state index contributed by atoms with van der Waals surface area (Å²) in [5.74, 6) is 5.26. The largest absolute Gasteiger partial charge is 0.372 e. The van der Waals surface area contributed by atoms with Crippen molar-refractivity contribution >= 4 is 0 Å². The van der Waals surface area contributed by atoms with E-state index in [1.807, 2.05) is 25.1 Å². The Morgan fingerprint density at radius 1 is 1.53 bits per heavy atom. The van der Waals surface area contributed by atoms with E-state index < -0.39 is 0 Å². The number of nitrogens with two attached hydrogens (primary N) is 1. The third-order valence-electron chi connectivity index (χ3n) is 2.82. The van der Waals surface area contributed by atoms with Gasteiger partial charge in [0, 0.05) is 0 Å². The standard InChI is InChI=1S/C12H19N3O2/c1-9(10-5-3-2-4-6-10)16-7-11-8-17-12(14-11)15-13/h2-6,9,11-12,14-15H,7-8,13H2,1H3/t9?,11-,12?/m0/s1. The Bertz CT molecular complexity index is 334. The highest BCUT2D eigenvalue weighted by Gasteiger charge is 2.23. The number of nitrogens with one attached hydrogen (secondary N) is 2. The van der Waals surface area contributed by atoms with Crippen LogP contribution in [0, 0.1) is 0 Å². The Kier molecular flexibility index (Phi) is 4.47. The minimum atomic E-state index is -0.268. The lowest BCUT2D eigenvalue weighted by atomic mass is 10.1. The Balaban J connectivity index is 1.75. The number of rotatable bonds is 5. The van der Waals surface area contributed by atoms with Gasteiger partial charge in [0.15, 0.2) is 6.35 Å². The topological polar surface area (TPSA) is 68.5 Å². The van der Waals surface area contributed by atoms with Gasteiger partial charge in [-0.3, -0.25) is 11.2 Å². The number of hydrogen-bond donors (Lipinski definition) is 3. The van der Waals surface area contributed by atoms with Crippen LogP contribution >= 0.6 is 0 Å². The first-order valence-electron chi connectivity index (χ1n) is 5.80. The van der Waals surface area contributed by atoms with E-state index in [4.69, 9.17) is 15.3 Å². The van der Waals surface area contributed by atoms with Gasteiger partial charge < -0.3 is 9.47 Å². The van der Waals surface area contributed by atoms with Gasteiger partial charge >= 0.3 is 0 Å². The number of hydrogen-bond acceptors (Lipinski definition) is 5. The minimum absolute atomic E-state index is 0.0860. The van der Waals surface area contributed by atoms with Crippen molar-refractivity contribution in [3.63, 3.8) is 0 Å². The molecule has 1 aliphatic heterocycles. The second-order valence-corrected chi connectivity index (χ2v) is 4.13. The van der Waals surface area contributed by atoms with E-state index in [0.717, 1.165) is 0 Å². The molecule has 1 aromatic carbocycles. The van der Waals surface area contributed by atoms with E-state index in [1.165, 1.54) is 5.56 Å². The highest BCUT2D eigenvalue weighted by atomic mass is 16.5. The second kappa shape index (κ2) is 6.09. The summed E-state index contributed by atoms with van der Waals surface area (Å²) in [5.41, 5.74) is 3.70. The normalized spacial score (nSPS) is 26.0. The monoisotopic (exact) mass is 237 g/mol. The summed E-state index contributed by atoms with van der Waals surface area (Å²) in [6.07, 6.45) is -0.182. The molecule has 0 spiro atoms. The molecule has 1 saturated heterocycles. The summed E-state index contributed by atoms with van der Waals surface area (Å²) < 4.78 is 11.1. The Morgan fingerprint density at radius 3 is 2.94 bits per heavy atom. The van der Waals surface area contributed by atoms with Crippen LogP contribution in [-0.4, -0.2) is 25.6 Å². The summed E-state index contributed by atoms with van der Waals surface area (Å²) in [5, 5.41) is 3.16. The van der Waals surface area contributed by atoms with Gasteiger partial charge in [0.1, 0.15) is 0 Å². The van der Waals surface area contributed by atoms with Crippen molar-refractivity contribution in [3.05, 3.63) is 35.9 Å². The highest BCUT2D eigenvalue weighted by molar-refractivity contribution is 5.16. The third kappa shape index (κ3) is 3.49. The van der Waals surface area contributed by atoms with E-state index in [2.05, 4.69) is 22.9 Å². The predicted molar refractivity (Wildman–Crippen MR) is 64.8 cm³/mol. The van der Waals surface area contributed by atoms with Crippen LogP contribution in [0.5, 0.6) is 0 Å². The van der Waals surface area contributed by atoms with Crippen molar-refractivity contribution < 1.29 is 9.47 Å². The SMILES string of the molecule is CC(OC[C@H]1COC(NN)N1)c1ccccc1. The Morgan fingerprint density at radius 2 is 2.29 bits per heavy atom. The lowest BCUT2D eigenvalue weighted by Crippen LogP contribution is -2.46. The van der Waals surface area contributed by atoms with E-state index in [-0.39, 0.29) is 18.5 Å². The maximum atomic E-state index is 5.79. The maximum absolute atomic E-state index is 5.79. The van der Waals surface area contributed by atoms with Crippen LogP contribution in [0.25, 0.3) is 0 Å². The van der Waals surface area contributed by atoms with Gasteiger partial charge in [0.05, 0.1) is 25.4 Å². The van der Waals surface area contributed by atoms with Gasteiger partial charge in [-0.1, -0.05) is 30.3 Å². The molecule has 0 aliphatic carbocycles. The van der Waals surface area contributed by atoms with Crippen LogP contribution in [0.1, 0.15) is 18.6 Å². The average molecular weight is 237 g/mol. The first-order valence-corrected chi connectivity index (χ1v) is 5.80. The van der Waals surface area contributed by atoms with E-state index in [0.29, 0.717) is 13.2 Å². The lowest BCUT2D eigenvalue weighted by molar-refractivity contribution is 0.0477. The van der Waals surface area contributed by atoms with Crippen LogP contribution in [0.3, 0.4) is 0 Å². The summed E-state index contributed by atoms with van der Waals surface area (Å²) in [7, 11) is 0. The highest BCUT2D eigenvalue weighted by Crippen LogP contribution is 2.16. The molecule has 2 rings (SSSR count). The zero-order valence-electron chi connectivity index (χ0n) is 9.93. The smallest absolute Gasteiger partial charge is 0.176 e. The molecule has 1 heterocycles. The number of benzene rings is 1. The summed E-state index contributed by atoms with van der Waals surface area (Å²) in [6.45, 7) is 3.26. The summed E-state index contributed by atoms with van der Waals surface area (Å²) >= 11 is 0. The maximum Gasteiger partial charge on any atom is 0.176 e. The lowest BCUT2D eigenvalue weighted by Gasteiger charge is -2.16. The molecule has 1 fully saturated rings. The molecular formula is C12H19N3O2. The van der Waals surface area contributed by atoms with E-state index in [1.54, 1.807) is 0 Å². The first-order chi connectivity index (χ1) is 8.29. The molecule has 5 heteroatoms. The zero-order valence-corrected chi connectivity index (χ0v) is 9.93. The fourth-order valence-electron chi connectivity index (χ4n) is 1.80. The molecule has 94 valence electrons. The van der Waals surface area contributed by atoms with Gasteiger partial charge in [-0.15, -0.1) is 0 Å². The van der Waals surface area contributed by atoms with E-state index >= 15 is 0 Å². The Labute approximate surface area is 101 Å². The van der Waals surface area contributed by atoms with Crippen LogP contribution in [0.4, 0.5) is 0 Å². The van der Waals surface area contributed by atoms with Crippen LogP contribution in [0.2, 0.25) is 0 Å². The third-order valence-corrected chi connectivity index (χ3v) is 2.82.